The van der Waals surface area contributed by atoms with Crippen molar-refractivity contribution in [1.82, 2.24) is 4.90 Å². The lowest BCUT2D eigenvalue weighted by Crippen LogP contribution is -2.29. The van der Waals surface area contributed by atoms with Crippen LogP contribution < -0.4 is 9.47 Å². The molecule has 0 aromatic heterocycles. The number of rotatable bonds is 10. The van der Waals surface area contributed by atoms with Gasteiger partial charge in [0.15, 0.2) is 18.1 Å². The van der Waals surface area contributed by atoms with Crippen LogP contribution in [0.5, 0.6) is 11.5 Å². The summed E-state index contributed by atoms with van der Waals surface area (Å²) in [5.74, 6) is -0.810. The van der Waals surface area contributed by atoms with Gasteiger partial charge in [-0.2, -0.15) is 0 Å². The molecular weight excluding hydrogens is 498 g/mol. The van der Waals surface area contributed by atoms with E-state index in [4.69, 9.17) is 14.6 Å². The number of carbonyl (C=O) groups is 3. The molecule has 0 saturated carbocycles. The average Bonchev–Trinajstić information content (AvgIpc) is 3.03. The van der Waals surface area contributed by atoms with Crippen LogP contribution in [0.15, 0.2) is 51.8 Å². The van der Waals surface area contributed by atoms with Crippen molar-refractivity contribution in [2.45, 2.75) is 19.8 Å². The molecule has 1 aliphatic heterocycles. The monoisotopic (exact) mass is 519 g/mol. The largest absolute Gasteiger partial charge is 0.490 e. The number of benzene rings is 2. The Morgan fingerprint density at radius 2 is 1.88 bits per heavy atom. The van der Waals surface area contributed by atoms with Gasteiger partial charge in [-0.3, -0.25) is 14.5 Å². The third-order valence-corrected chi connectivity index (χ3v) is 6.16. The molecule has 32 heavy (non-hydrogen) atoms. The molecule has 0 unspecified atom stereocenters. The zero-order valence-electron chi connectivity index (χ0n) is 17.4. The predicted molar refractivity (Wildman–Crippen MR) is 126 cm³/mol. The molecule has 0 spiro atoms. The Balaban J connectivity index is 1.74. The number of carboxylic acid groups (broad SMARTS) is 1. The molecule has 0 atom stereocenters. The van der Waals surface area contributed by atoms with Crippen LogP contribution >= 0.6 is 27.7 Å². The first-order valence-corrected chi connectivity index (χ1v) is 11.6. The molecule has 7 nitrogen and oxygen atoms in total. The second kappa shape index (κ2) is 11.2. The standard InChI is InChI=1S/C23H22BrNO6S/c1-2-30-18-11-16(17(24)13-19(18)31-14-21(26)27)12-20-22(28)25(23(29)32-20)10-6-9-15-7-4-3-5-8-15/h3-5,7-8,11-13H,2,6,9-10,14H2,1H3,(H,26,27)/b20-12+. The Kier molecular flexibility index (Phi) is 8.35. The first kappa shape index (κ1) is 23.9. The maximum Gasteiger partial charge on any atom is 0.341 e. The number of imide groups is 1. The van der Waals surface area contributed by atoms with Crippen molar-refractivity contribution < 1.29 is 29.0 Å². The van der Waals surface area contributed by atoms with Gasteiger partial charge in [-0.25, -0.2) is 4.79 Å². The second-order valence-corrected chi connectivity index (χ2v) is 8.71. The van der Waals surface area contributed by atoms with Gasteiger partial charge in [0, 0.05) is 11.0 Å². The summed E-state index contributed by atoms with van der Waals surface area (Å²) >= 11 is 4.32. The zero-order chi connectivity index (χ0) is 23.1. The molecule has 1 N–H and O–H groups in total. The van der Waals surface area contributed by atoms with Crippen LogP contribution in [-0.2, 0) is 16.0 Å². The number of carbonyl (C=O) groups excluding carboxylic acids is 2. The fourth-order valence-corrected chi connectivity index (χ4v) is 4.39. The molecule has 3 rings (SSSR count). The highest BCUT2D eigenvalue weighted by atomic mass is 79.9. The van der Waals surface area contributed by atoms with Crippen LogP contribution in [0.3, 0.4) is 0 Å². The van der Waals surface area contributed by atoms with Gasteiger partial charge in [-0.15, -0.1) is 0 Å². The van der Waals surface area contributed by atoms with E-state index in [1.54, 1.807) is 25.1 Å². The summed E-state index contributed by atoms with van der Waals surface area (Å²) in [5.41, 5.74) is 1.78. The van der Waals surface area contributed by atoms with E-state index >= 15 is 0 Å². The zero-order valence-corrected chi connectivity index (χ0v) is 19.8. The van der Waals surface area contributed by atoms with E-state index in [1.807, 2.05) is 30.3 Å². The predicted octanol–water partition coefficient (Wildman–Crippen LogP) is 4.98. The lowest BCUT2D eigenvalue weighted by atomic mass is 10.1. The van der Waals surface area contributed by atoms with Crippen LogP contribution in [0.4, 0.5) is 4.79 Å². The van der Waals surface area contributed by atoms with E-state index in [0.717, 1.165) is 23.7 Å². The van der Waals surface area contributed by atoms with Crippen LogP contribution in [0.25, 0.3) is 6.08 Å². The highest BCUT2D eigenvalue weighted by Crippen LogP contribution is 2.38. The fourth-order valence-electron chi connectivity index (χ4n) is 3.10. The van der Waals surface area contributed by atoms with E-state index in [2.05, 4.69) is 15.9 Å². The van der Waals surface area contributed by atoms with E-state index in [0.29, 0.717) is 40.3 Å². The van der Waals surface area contributed by atoms with Crippen LogP contribution in [0.2, 0.25) is 0 Å². The smallest absolute Gasteiger partial charge is 0.341 e. The molecule has 168 valence electrons. The number of thioether (sulfide) groups is 1. The van der Waals surface area contributed by atoms with E-state index in [-0.39, 0.29) is 16.9 Å². The van der Waals surface area contributed by atoms with Gasteiger partial charge in [-0.05, 0) is 60.9 Å². The van der Waals surface area contributed by atoms with Crippen molar-refractivity contribution in [3.63, 3.8) is 0 Å². The maximum absolute atomic E-state index is 12.8. The van der Waals surface area contributed by atoms with Crippen LogP contribution in [-0.4, -0.2) is 46.9 Å². The summed E-state index contributed by atoms with van der Waals surface area (Å²) in [4.78, 5) is 37.6. The van der Waals surface area contributed by atoms with Gasteiger partial charge in [0.2, 0.25) is 0 Å². The van der Waals surface area contributed by atoms with Gasteiger partial charge in [-0.1, -0.05) is 46.3 Å². The molecule has 1 aliphatic rings. The van der Waals surface area contributed by atoms with Crippen molar-refractivity contribution in [3.8, 4) is 11.5 Å². The van der Waals surface area contributed by atoms with Gasteiger partial charge < -0.3 is 14.6 Å². The molecule has 2 aromatic carbocycles. The Labute approximate surface area is 198 Å². The molecule has 1 fully saturated rings. The van der Waals surface area contributed by atoms with Gasteiger partial charge in [0.25, 0.3) is 11.1 Å². The highest BCUT2D eigenvalue weighted by molar-refractivity contribution is 9.10. The van der Waals surface area contributed by atoms with E-state index < -0.39 is 12.6 Å². The molecule has 9 heteroatoms. The lowest BCUT2D eigenvalue weighted by Gasteiger charge is -2.13. The molecule has 0 aliphatic carbocycles. The van der Waals surface area contributed by atoms with Crippen molar-refractivity contribution in [2.24, 2.45) is 0 Å². The minimum absolute atomic E-state index is 0.271. The minimum Gasteiger partial charge on any atom is -0.490 e. The number of carboxylic acids is 1. The number of amides is 2. The first-order chi connectivity index (χ1) is 15.4. The Morgan fingerprint density at radius 1 is 1.16 bits per heavy atom. The third kappa shape index (κ3) is 6.14. The molecule has 1 saturated heterocycles. The van der Waals surface area contributed by atoms with Crippen molar-refractivity contribution >= 4 is 50.9 Å². The topological polar surface area (TPSA) is 93.1 Å². The van der Waals surface area contributed by atoms with Crippen LogP contribution in [0.1, 0.15) is 24.5 Å². The Hall–Kier alpha value is -2.78. The van der Waals surface area contributed by atoms with Gasteiger partial charge >= 0.3 is 5.97 Å². The summed E-state index contributed by atoms with van der Waals surface area (Å²) in [5, 5.41) is 8.56. The molecule has 1 heterocycles. The maximum atomic E-state index is 12.8. The van der Waals surface area contributed by atoms with Gasteiger partial charge in [0.1, 0.15) is 0 Å². The number of halogens is 1. The molecular formula is C23H22BrNO6S. The fraction of sp³-hybridized carbons (Fsp3) is 0.261. The van der Waals surface area contributed by atoms with Crippen molar-refractivity contribution in [3.05, 3.63) is 63.0 Å². The van der Waals surface area contributed by atoms with Crippen molar-refractivity contribution in [2.75, 3.05) is 19.8 Å². The van der Waals surface area contributed by atoms with Crippen LogP contribution in [0, 0.1) is 0 Å². The third-order valence-electron chi connectivity index (χ3n) is 4.56. The first-order valence-electron chi connectivity index (χ1n) is 9.99. The molecule has 0 radical (unpaired) electrons. The summed E-state index contributed by atoms with van der Waals surface area (Å²) in [6.07, 6.45) is 3.08. The molecule has 2 amide bonds. The normalized spacial score (nSPS) is 14.8. The molecule has 2 aromatic rings. The Bertz CT molecular complexity index is 1040. The summed E-state index contributed by atoms with van der Waals surface area (Å²) in [6.45, 7) is 1.99. The summed E-state index contributed by atoms with van der Waals surface area (Å²) in [6, 6.07) is 13.1. The van der Waals surface area contributed by atoms with Crippen molar-refractivity contribution in [1.29, 1.82) is 0 Å². The quantitative estimate of drug-likeness (QED) is 0.442. The number of ether oxygens (including phenoxy) is 2. The summed E-state index contributed by atoms with van der Waals surface area (Å²) < 4.78 is 11.4. The SMILES string of the molecule is CCOc1cc(/C=C2/SC(=O)N(CCCc3ccccc3)C2=O)c(Br)cc1OCC(=O)O. The highest BCUT2D eigenvalue weighted by Gasteiger charge is 2.34. The number of aliphatic carboxylic acids is 1. The minimum atomic E-state index is -1.10. The summed E-state index contributed by atoms with van der Waals surface area (Å²) in [7, 11) is 0. The second-order valence-electron chi connectivity index (χ2n) is 6.86. The number of aryl methyl sites for hydroxylation is 1. The Morgan fingerprint density at radius 3 is 2.56 bits per heavy atom. The van der Waals surface area contributed by atoms with E-state index in [1.165, 1.54) is 4.90 Å². The van der Waals surface area contributed by atoms with Gasteiger partial charge in [0.05, 0.1) is 11.5 Å². The molecule has 0 bridgehead atoms. The average molecular weight is 520 g/mol. The number of nitrogens with zero attached hydrogens (tertiary/aromatic N) is 1. The number of hydrogen-bond acceptors (Lipinski definition) is 6. The lowest BCUT2D eigenvalue weighted by molar-refractivity contribution is -0.139. The van der Waals surface area contributed by atoms with E-state index in [9.17, 15) is 14.4 Å². The number of hydrogen-bond donors (Lipinski definition) is 1.